The highest BCUT2D eigenvalue weighted by Gasteiger charge is 2.05. The highest BCUT2D eigenvalue weighted by Crippen LogP contribution is 2.13. The van der Waals surface area contributed by atoms with Gasteiger partial charge >= 0.3 is 0 Å². The molecule has 0 bridgehead atoms. The lowest BCUT2D eigenvalue weighted by Gasteiger charge is -2.04. The van der Waals surface area contributed by atoms with Gasteiger partial charge in [-0.15, -0.1) is 0 Å². The molecule has 18 heavy (non-hydrogen) atoms. The van der Waals surface area contributed by atoms with Crippen LogP contribution in [0.3, 0.4) is 0 Å². The number of nitrogens with zero attached hydrogens (tertiary/aromatic N) is 3. The molecule has 0 unspecified atom stereocenters. The van der Waals surface area contributed by atoms with Crippen LogP contribution in [0.15, 0.2) is 35.7 Å². The number of thioether (sulfide) groups is 1. The van der Waals surface area contributed by atoms with E-state index in [-0.39, 0.29) is 11.7 Å². The molecule has 1 amide bonds. The number of nitrogens with one attached hydrogen (secondary N) is 2. The number of carbonyl (C=O) groups excluding carboxylic acids is 1. The van der Waals surface area contributed by atoms with Crippen LogP contribution < -0.4 is 5.32 Å². The minimum Gasteiger partial charge on any atom is -0.325 e. The van der Waals surface area contributed by atoms with Crippen LogP contribution >= 0.6 is 11.8 Å². The summed E-state index contributed by atoms with van der Waals surface area (Å²) >= 11 is 1.26. The fourth-order valence-electron chi connectivity index (χ4n) is 1.26. The second kappa shape index (κ2) is 5.84. The molecule has 6 nitrogen and oxygen atoms in total. The van der Waals surface area contributed by atoms with Crippen LogP contribution in [-0.2, 0) is 4.79 Å². The molecule has 0 aliphatic rings. The lowest BCUT2D eigenvalue weighted by molar-refractivity contribution is -0.113. The van der Waals surface area contributed by atoms with Crippen molar-refractivity contribution in [3.05, 3.63) is 36.2 Å². The Morgan fingerprint density at radius 1 is 1.56 bits per heavy atom. The Morgan fingerprint density at radius 2 is 2.44 bits per heavy atom. The molecule has 1 aromatic carbocycles. The highest BCUT2D eigenvalue weighted by atomic mass is 32.2. The third-order valence-corrected chi connectivity index (χ3v) is 2.88. The lowest BCUT2D eigenvalue weighted by Crippen LogP contribution is -2.14. The lowest BCUT2D eigenvalue weighted by atomic mass is 10.2. The van der Waals surface area contributed by atoms with E-state index >= 15 is 0 Å². The molecule has 0 fully saturated rings. The number of H-pyrrole nitrogens is 1. The maximum Gasteiger partial charge on any atom is 0.234 e. The smallest absolute Gasteiger partial charge is 0.234 e. The Bertz CT molecular complexity index is 575. The number of hydrogen-bond acceptors (Lipinski definition) is 5. The number of rotatable bonds is 4. The van der Waals surface area contributed by atoms with Crippen molar-refractivity contribution < 1.29 is 4.79 Å². The Morgan fingerprint density at radius 3 is 3.17 bits per heavy atom. The van der Waals surface area contributed by atoms with Gasteiger partial charge in [0.25, 0.3) is 0 Å². The van der Waals surface area contributed by atoms with E-state index in [4.69, 9.17) is 5.26 Å². The summed E-state index contributed by atoms with van der Waals surface area (Å²) in [6, 6.07) is 8.77. The molecule has 2 N–H and O–H groups in total. The van der Waals surface area contributed by atoms with Gasteiger partial charge in [-0.05, 0) is 18.2 Å². The van der Waals surface area contributed by atoms with Gasteiger partial charge in [-0.2, -0.15) is 10.4 Å². The number of carbonyl (C=O) groups is 1. The Kier molecular flexibility index (Phi) is 3.94. The molecular formula is C11H9N5OS. The van der Waals surface area contributed by atoms with Gasteiger partial charge in [-0.3, -0.25) is 9.89 Å². The van der Waals surface area contributed by atoms with Crippen LogP contribution in [0.1, 0.15) is 5.56 Å². The van der Waals surface area contributed by atoms with E-state index in [2.05, 4.69) is 20.5 Å². The van der Waals surface area contributed by atoms with Gasteiger partial charge in [0.15, 0.2) is 5.16 Å². The number of aromatic amines is 1. The standard InChI is InChI=1S/C11H9N5OS/c12-5-8-2-1-3-9(4-8)15-10(17)6-18-11-13-7-14-16-11/h1-4,7H,6H2,(H,15,17)(H,13,14,16). The maximum atomic E-state index is 11.6. The SMILES string of the molecule is N#Cc1cccc(NC(=O)CSc2ncn[nH]2)c1. The molecule has 1 heterocycles. The van der Waals surface area contributed by atoms with Gasteiger partial charge in [0.05, 0.1) is 17.4 Å². The van der Waals surface area contributed by atoms with E-state index < -0.39 is 0 Å². The molecule has 7 heteroatoms. The first-order chi connectivity index (χ1) is 8.78. The van der Waals surface area contributed by atoms with E-state index in [1.807, 2.05) is 6.07 Å². The average Bonchev–Trinajstić information content (AvgIpc) is 2.90. The zero-order chi connectivity index (χ0) is 12.8. The van der Waals surface area contributed by atoms with Gasteiger partial charge < -0.3 is 5.32 Å². The van der Waals surface area contributed by atoms with Gasteiger partial charge in [0, 0.05) is 5.69 Å². The summed E-state index contributed by atoms with van der Waals surface area (Å²) in [7, 11) is 0. The van der Waals surface area contributed by atoms with Crippen molar-refractivity contribution in [2.75, 3.05) is 11.1 Å². The molecule has 0 radical (unpaired) electrons. The van der Waals surface area contributed by atoms with Crippen LogP contribution in [0, 0.1) is 11.3 Å². The summed E-state index contributed by atoms with van der Waals surface area (Å²) in [4.78, 5) is 15.5. The first kappa shape index (κ1) is 12.1. The second-order valence-corrected chi connectivity index (χ2v) is 4.28. The largest absolute Gasteiger partial charge is 0.325 e. The van der Waals surface area contributed by atoms with Gasteiger partial charge in [-0.1, -0.05) is 17.8 Å². The summed E-state index contributed by atoms with van der Waals surface area (Å²) in [6.45, 7) is 0. The quantitative estimate of drug-likeness (QED) is 0.809. The summed E-state index contributed by atoms with van der Waals surface area (Å²) < 4.78 is 0. The summed E-state index contributed by atoms with van der Waals surface area (Å²) in [5, 5.41) is 18.4. The van der Waals surface area contributed by atoms with E-state index in [1.165, 1.54) is 18.1 Å². The average molecular weight is 259 g/mol. The minimum absolute atomic E-state index is 0.161. The number of amides is 1. The van der Waals surface area contributed by atoms with E-state index in [9.17, 15) is 4.79 Å². The third kappa shape index (κ3) is 3.33. The van der Waals surface area contributed by atoms with Crippen molar-refractivity contribution in [1.82, 2.24) is 15.2 Å². The molecule has 2 rings (SSSR count). The third-order valence-electron chi connectivity index (χ3n) is 2.01. The molecule has 90 valence electrons. The Hall–Kier alpha value is -2.33. The summed E-state index contributed by atoms with van der Waals surface area (Å²) in [5.74, 6) is 0.0675. The summed E-state index contributed by atoms with van der Waals surface area (Å²) in [5.41, 5.74) is 1.12. The van der Waals surface area contributed by atoms with Crippen molar-refractivity contribution in [2.45, 2.75) is 5.16 Å². The number of nitriles is 1. The van der Waals surface area contributed by atoms with Crippen LogP contribution in [0.4, 0.5) is 5.69 Å². The number of aromatic nitrogens is 3. The molecule has 1 aromatic heterocycles. The van der Waals surface area contributed by atoms with Crippen molar-refractivity contribution in [2.24, 2.45) is 0 Å². The normalized spacial score (nSPS) is 9.72. The molecule has 0 spiro atoms. The van der Waals surface area contributed by atoms with Crippen LogP contribution in [0.25, 0.3) is 0 Å². The first-order valence-electron chi connectivity index (χ1n) is 5.06. The van der Waals surface area contributed by atoms with E-state index in [0.717, 1.165) is 0 Å². The molecule has 0 atom stereocenters. The van der Waals surface area contributed by atoms with Crippen molar-refractivity contribution in [3.63, 3.8) is 0 Å². The predicted molar refractivity (Wildman–Crippen MR) is 66.9 cm³/mol. The van der Waals surface area contributed by atoms with Gasteiger partial charge in [-0.25, -0.2) is 4.98 Å². The topological polar surface area (TPSA) is 94.5 Å². The molecule has 0 saturated heterocycles. The number of benzene rings is 1. The van der Waals surface area contributed by atoms with E-state index in [1.54, 1.807) is 24.3 Å². The van der Waals surface area contributed by atoms with Gasteiger partial charge in [0.2, 0.25) is 5.91 Å². The fourth-order valence-corrected chi connectivity index (χ4v) is 1.84. The zero-order valence-corrected chi connectivity index (χ0v) is 10.1. The van der Waals surface area contributed by atoms with Crippen LogP contribution in [0.2, 0.25) is 0 Å². The number of anilines is 1. The molecule has 0 aliphatic heterocycles. The number of hydrogen-bond donors (Lipinski definition) is 2. The monoisotopic (exact) mass is 259 g/mol. The first-order valence-corrected chi connectivity index (χ1v) is 6.04. The van der Waals surface area contributed by atoms with E-state index in [0.29, 0.717) is 16.4 Å². The molecular weight excluding hydrogens is 250 g/mol. The van der Waals surface area contributed by atoms with Crippen LogP contribution in [-0.4, -0.2) is 26.8 Å². The highest BCUT2D eigenvalue weighted by molar-refractivity contribution is 7.99. The molecule has 0 aliphatic carbocycles. The predicted octanol–water partition coefficient (Wildman–Crippen LogP) is 1.41. The maximum absolute atomic E-state index is 11.6. The Balaban J connectivity index is 1.89. The Labute approximate surface area is 107 Å². The second-order valence-electron chi connectivity index (χ2n) is 3.32. The molecule has 2 aromatic rings. The van der Waals surface area contributed by atoms with Crippen LogP contribution in [0.5, 0.6) is 0 Å². The van der Waals surface area contributed by atoms with Crippen molar-refractivity contribution >= 4 is 23.4 Å². The minimum atomic E-state index is -0.161. The molecule has 0 saturated carbocycles. The van der Waals surface area contributed by atoms with Gasteiger partial charge in [0.1, 0.15) is 6.33 Å². The van der Waals surface area contributed by atoms with Crippen molar-refractivity contribution in [1.29, 1.82) is 5.26 Å². The summed E-state index contributed by atoms with van der Waals surface area (Å²) in [6.07, 6.45) is 1.39. The fraction of sp³-hybridized carbons (Fsp3) is 0.0909. The van der Waals surface area contributed by atoms with Crippen molar-refractivity contribution in [3.8, 4) is 6.07 Å². The zero-order valence-electron chi connectivity index (χ0n) is 9.25.